The van der Waals surface area contributed by atoms with Gasteiger partial charge in [-0.2, -0.15) is 5.10 Å². The lowest BCUT2D eigenvalue weighted by atomic mass is 10.0. The van der Waals surface area contributed by atoms with Crippen molar-refractivity contribution in [2.45, 2.75) is 18.9 Å². The van der Waals surface area contributed by atoms with Crippen LogP contribution >= 0.6 is 11.3 Å². The Morgan fingerprint density at radius 2 is 2.26 bits per heavy atom. The lowest BCUT2D eigenvalue weighted by Crippen LogP contribution is -2.47. The topological polar surface area (TPSA) is 58.0 Å². The fraction of sp³-hybridized carbons (Fsp3) is 0.375. The van der Waals surface area contributed by atoms with Crippen LogP contribution in [0.25, 0.3) is 10.2 Å². The molecule has 3 aromatic heterocycles. The second kappa shape index (κ2) is 6.08. The largest absolute Gasteiger partial charge is 0.354 e. The molecule has 0 N–H and O–H groups in total. The van der Waals surface area contributed by atoms with Crippen LogP contribution in [0.2, 0.25) is 0 Å². The van der Waals surface area contributed by atoms with Crippen LogP contribution in [-0.2, 0) is 0 Å². The first kappa shape index (κ1) is 14.3. The standard InChI is InChI=1S/C16H18N6S/c1-21(16-15-13(6-9-23-15)17-11-18-16)12-4-3-8-22(10-12)14-5-2-7-19-20-14/h2,5-7,9,11-12H,3-4,8,10H2,1H3/t12-/m1/s1. The molecule has 4 rings (SSSR count). The Balaban J connectivity index is 1.59. The second-order valence-electron chi connectivity index (χ2n) is 5.77. The van der Waals surface area contributed by atoms with Gasteiger partial charge in [-0.25, -0.2) is 9.97 Å². The van der Waals surface area contributed by atoms with Crippen molar-refractivity contribution in [2.75, 3.05) is 29.9 Å². The Morgan fingerprint density at radius 1 is 1.30 bits per heavy atom. The number of hydrogen-bond acceptors (Lipinski definition) is 7. The van der Waals surface area contributed by atoms with E-state index in [0.29, 0.717) is 6.04 Å². The van der Waals surface area contributed by atoms with Crippen LogP contribution in [0.4, 0.5) is 11.6 Å². The molecule has 0 saturated carbocycles. The van der Waals surface area contributed by atoms with Crippen LogP contribution in [0, 0.1) is 0 Å². The molecule has 0 unspecified atom stereocenters. The molecule has 7 heteroatoms. The maximum atomic E-state index is 4.53. The molecule has 0 radical (unpaired) electrons. The number of anilines is 2. The van der Waals surface area contributed by atoms with Gasteiger partial charge in [0.2, 0.25) is 0 Å². The van der Waals surface area contributed by atoms with E-state index in [9.17, 15) is 0 Å². The molecule has 1 fully saturated rings. The Morgan fingerprint density at radius 3 is 3.13 bits per heavy atom. The number of aromatic nitrogens is 4. The van der Waals surface area contributed by atoms with E-state index in [1.165, 1.54) is 0 Å². The van der Waals surface area contributed by atoms with Crippen molar-refractivity contribution in [1.82, 2.24) is 20.2 Å². The van der Waals surface area contributed by atoms with E-state index in [4.69, 9.17) is 0 Å². The normalized spacial score (nSPS) is 18.3. The fourth-order valence-electron chi connectivity index (χ4n) is 3.14. The smallest absolute Gasteiger partial charge is 0.151 e. The Labute approximate surface area is 138 Å². The molecule has 0 amide bonds. The lowest BCUT2D eigenvalue weighted by Gasteiger charge is -2.38. The molecule has 0 aliphatic carbocycles. The van der Waals surface area contributed by atoms with E-state index < -0.39 is 0 Å². The van der Waals surface area contributed by atoms with Crippen molar-refractivity contribution in [3.63, 3.8) is 0 Å². The minimum Gasteiger partial charge on any atom is -0.354 e. The summed E-state index contributed by atoms with van der Waals surface area (Å²) in [7, 11) is 2.13. The van der Waals surface area contributed by atoms with Gasteiger partial charge in [-0.05, 0) is 36.4 Å². The SMILES string of the molecule is CN(c1ncnc2ccsc12)[C@@H]1CCCN(c2cccnn2)C1. The zero-order valence-electron chi connectivity index (χ0n) is 13.0. The van der Waals surface area contributed by atoms with Crippen molar-refractivity contribution < 1.29 is 0 Å². The molecule has 6 nitrogen and oxygen atoms in total. The molecular weight excluding hydrogens is 308 g/mol. The van der Waals surface area contributed by atoms with Gasteiger partial charge in [0.25, 0.3) is 0 Å². The van der Waals surface area contributed by atoms with Crippen molar-refractivity contribution in [3.05, 3.63) is 36.1 Å². The molecule has 1 atom stereocenters. The highest BCUT2D eigenvalue weighted by atomic mass is 32.1. The second-order valence-corrected chi connectivity index (χ2v) is 6.68. The van der Waals surface area contributed by atoms with E-state index in [1.807, 2.05) is 18.2 Å². The van der Waals surface area contributed by atoms with Gasteiger partial charge in [0.05, 0.1) is 10.2 Å². The zero-order chi connectivity index (χ0) is 15.6. The molecular formula is C16H18N6S. The van der Waals surface area contributed by atoms with Crippen LogP contribution < -0.4 is 9.80 Å². The molecule has 1 aliphatic heterocycles. The van der Waals surface area contributed by atoms with Crippen LogP contribution in [0.15, 0.2) is 36.1 Å². The van der Waals surface area contributed by atoms with Crippen LogP contribution in [0.3, 0.4) is 0 Å². The van der Waals surface area contributed by atoms with Crippen molar-refractivity contribution in [2.24, 2.45) is 0 Å². The highest BCUT2D eigenvalue weighted by Gasteiger charge is 2.26. The molecule has 1 aliphatic rings. The van der Waals surface area contributed by atoms with Gasteiger partial charge in [0.15, 0.2) is 5.82 Å². The maximum absolute atomic E-state index is 4.53. The zero-order valence-corrected chi connectivity index (χ0v) is 13.8. The number of likely N-dealkylation sites (N-methyl/N-ethyl adjacent to an activating group) is 1. The maximum Gasteiger partial charge on any atom is 0.151 e. The third kappa shape index (κ3) is 2.72. The number of thiophene rings is 1. The molecule has 4 heterocycles. The summed E-state index contributed by atoms with van der Waals surface area (Å²) in [5, 5.41) is 10.3. The molecule has 0 spiro atoms. The third-order valence-electron chi connectivity index (χ3n) is 4.38. The number of rotatable bonds is 3. The monoisotopic (exact) mass is 326 g/mol. The minimum absolute atomic E-state index is 0.408. The van der Waals surface area contributed by atoms with E-state index in [1.54, 1.807) is 23.9 Å². The average molecular weight is 326 g/mol. The van der Waals surface area contributed by atoms with E-state index in [-0.39, 0.29) is 0 Å². The highest BCUT2D eigenvalue weighted by molar-refractivity contribution is 7.17. The lowest BCUT2D eigenvalue weighted by molar-refractivity contribution is 0.483. The summed E-state index contributed by atoms with van der Waals surface area (Å²) in [5.41, 5.74) is 1.02. The van der Waals surface area contributed by atoms with Gasteiger partial charge in [0, 0.05) is 32.4 Å². The predicted molar refractivity (Wildman–Crippen MR) is 93.1 cm³/mol. The molecule has 1 saturated heterocycles. The molecule has 3 aromatic rings. The Bertz CT molecular complexity index is 789. The van der Waals surface area contributed by atoms with Gasteiger partial charge >= 0.3 is 0 Å². The average Bonchev–Trinajstić information content (AvgIpc) is 3.11. The van der Waals surface area contributed by atoms with Crippen LogP contribution in [-0.4, -0.2) is 46.3 Å². The van der Waals surface area contributed by atoms with Crippen LogP contribution in [0.5, 0.6) is 0 Å². The summed E-state index contributed by atoms with van der Waals surface area (Å²) in [5.74, 6) is 1.98. The summed E-state index contributed by atoms with van der Waals surface area (Å²) < 4.78 is 1.16. The summed E-state index contributed by atoms with van der Waals surface area (Å²) in [4.78, 5) is 13.5. The highest BCUT2D eigenvalue weighted by Crippen LogP contribution is 2.30. The molecule has 0 bridgehead atoms. The van der Waals surface area contributed by atoms with E-state index in [2.05, 4.69) is 42.4 Å². The molecule has 118 valence electrons. The van der Waals surface area contributed by atoms with Gasteiger partial charge in [-0.1, -0.05) is 0 Å². The minimum atomic E-state index is 0.408. The predicted octanol–water partition coefficient (Wildman–Crippen LogP) is 2.59. The summed E-state index contributed by atoms with van der Waals surface area (Å²) >= 11 is 1.70. The summed E-state index contributed by atoms with van der Waals surface area (Å²) in [6.07, 6.45) is 5.67. The van der Waals surface area contributed by atoms with Crippen molar-refractivity contribution in [3.8, 4) is 0 Å². The summed E-state index contributed by atoms with van der Waals surface area (Å²) in [6.45, 7) is 1.97. The Kier molecular flexibility index (Phi) is 3.78. The fourth-order valence-corrected chi connectivity index (χ4v) is 4.02. The van der Waals surface area contributed by atoms with Crippen molar-refractivity contribution in [1.29, 1.82) is 0 Å². The first-order chi connectivity index (χ1) is 11.3. The Hall–Kier alpha value is -2.28. The van der Waals surface area contributed by atoms with Gasteiger partial charge in [0.1, 0.15) is 12.1 Å². The number of piperidine rings is 1. The van der Waals surface area contributed by atoms with Gasteiger partial charge < -0.3 is 9.80 Å². The van der Waals surface area contributed by atoms with E-state index >= 15 is 0 Å². The van der Waals surface area contributed by atoms with Crippen molar-refractivity contribution >= 4 is 33.2 Å². The number of nitrogens with zero attached hydrogens (tertiary/aromatic N) is 6. The molecule has 0 aromatic carbocycles. The van der Waals surface area contributed by atoms with E-state index in [0.717, 1.165) is 47.8 Å². The number of hydrogen-bond donors (Lipinski definition) is 0. The third-order valence-corrected chi connectivity index (χ3v) is 5.28. The van der Waals surface area contributed by atoms with Crippen LogP contribution in [0.1, 0.15) is 12.8 Å². The van der Waals surface area contributed by atoms with Gasteiger partial charge in [-0.3, -0.25) is 0 Å². The van der Waals surface area contributed by atoms with Gasteiger partial charge in [-0.15, -0.1) is 16.4 Å². The first-order valence-electron chi connectivity index (χ1n) is 7.76. The molecule has 23 heavy (non-hydrogen) atoms. The number of fused-ring (bicyclic) bond motifs is 1. The summed E-state index contributed by atoms with van der Waals surface area (Å²) in [6, 6.07) is 6.42. The quantitative estimate of drug-likeness (QED) is 0.737. The first-order valence-corrected chi connectivity index (χ1v) is 8.64.